The summed E-state index contributed by atoms with van der Waals surface area (Å²) in [5, 5.41) is 11.3. The standard InChI is InChI=1S/C14H14N2O3S2/c15-12(17)8-20-6-9-3-1-2-4-11(9)14-16-10(7-21-14)5-13(18)19/h1-4,7H,5-6,8H2,(H2,15,17)(H,18,19). The van der Waals surface area contributed by atoms with Crippen LogP contribution in [0.3, 0.4) is 0 Å². The zero-order valence-corrected chi connectivity index (χ0v) is 12.7. The Balaban J connectivity index is 2.17. The van der Waals surface area contributed by atoms with E-state index in [9.17, 15) is 9.59 Å². The van der Waals surface area contributed by atoms with Gasteiger partial charge < -0.3 is 10.8 Å². The average molecular weight is 322 g/mol. The Morgan fingerprint density at radius 2 is 2.10 bits per heavy atom. The second-order valence-electron chi connectivity index (χ2n) is 4.33. The molecule has 0 aliphatic rings. The summed E-state index contributed by atoms with van der Waals surface area (Å²) in [6.07, 6.45) is -0.0743. The number of carbonyl (C=O) groups excluding carboxylic acids is 1. The lowest BCUT2D eigenvalue weighted by Crippen LogP contribution is -2.13. The van der Waals surface area contributed by atoms with Crippen molar-refractivity contribution in [1.82, 2.24) is 4.98 Å². The highest BCUT2D eigenvalue weighted by Crippen LogP contribution is 2.29. The molecule has 0 spiro atoms. The van der Waals surface area contributed by atoms with Crippen molar-refractivity contribution in [3.63, 3.8) is 0 Å². The van der Waals surface area contributed by atoms with Crippen molar-refractivity contribution in [2.75, 3.05) is 5.75 Å². The summed E-state index contributed by atoms with van der Waals surface area (Å²) >= 11 is 2.87. The fourth-order valence-electron chi connectivity index (χ4n) is 1.78. The molecule has 2 rings (SSSR count). The molecule has 0 atom stereocenters. The molecule has 0 bridgehead atoms. The number of aromatic nitrogens is 1. The van der Waals surface area contributed by atoms with Gasteiger partial charge in [-0.3, -0.25) is 9.59 Å². The molecular formula is C14H14N2O3S2. The first-order valence-corrected chi connectivity index (χ1v) is 8.20. The second-order valence-corrected chi connectivity index (χ2v) is 6.17. The molecule has 0 fully saturated rings. The molecule has 0 aliphatic carbocycles. The molecule has 0 saturated heterocycles. The van der Waals surface area contributed by atoms with E-state index in [1.807, 2.05) is 24.3 Å². The number of nitrogens with two attached hydrogens (primary N) is 1. The van der Waals surface area contributed by atoms with Gasteiger partial charge in [0.15, 0.2) is 0 Å². The van der Waals surface area contributed by atoms with Gasteiger partial charge in [0.05, 0.1) is 17.9 Å². The lowest BCUT2D eigenvalue weighted by atomic mass is 10.1. The molecule has 2 aromatic rings. The minimum atomic E-state index is -0.892. The van der Waals surface area contributed by atoms with Crippen LogP contribution in [-0.2, 0) is 21.8 Å². The third-order valence-electron chi connectivity index (χ3n) is 2.63. The Morgan fingerprint density at radius 1 is 1.33 bits per heavy atom. The van der Waals surface area contributed by atoms with Crippen LogP contribution in [0.2, 0.25) is 0 Å². The van der Waals surface area contributed by atoms with Crippen molar-refractivity contribution in [2.45, 2.75) is 12.2 Å². The number of hydrogen-bond donors (Lipinski definition) is 2. The van der Waals surface area contributed by atoms with E-state index < -0.39 is 5.97 Å². The molecule has 0 radical (unpaired) electrons. The predicted molar refractivity (Wildman–Crippen MR) is 84.2 cm³/mol. The first-order chi connectivity index (χ1) is 10.1. The molecule has 1 amide bonds. The zero-order valence-electron chi connectivity index (χ0n) is 11.1. The number of carboxylic acids is 1. The number of thiazole rings is 1. The molecule has 0 aliphatic heterocycles. The molecular weight excluding hydrogens is 308 g/mol. The van der Waals surface area contributed by atoms with E-state index in [-0.39, 0.29) is 18.1 Å². The minimum Gasteiger partial charge on any atom is -0.481 e. The maximum absolute atomic E-state index is 10.8. The third-order valence-corrected chi connectivity index (χ3v) is 4.56. The number of hydrogen-bond acceptors (Lipinski definition) is 5. The topological polar surface area (TPSA) is 93.3 Å². The second kappa shape index (κ2) is 7.24. The van der Waals surface area contributed by atoms with Gasteiger partial charge >= 0.3 is 5.97 Å². The first-order valence-electron chi connectivity index (χ1n) is 6.17. The SMILES string of the molecule is NC(=O)CSCc1ccccc1-c1nc(CC(=O)O)cs1. The lowest BCUT2D eigenvalue weighted by molar-refractivity contribution is -0.136. The minimum absolute atomic E-state index is 0.0743. The Bertz CT molecular complexity index is 655. The summed E-state index contributed by atoms with van der Waals surface area (Å²) in [7, 11) is 0. The van der Waals surface area contributed by atoms with Gasteiger partial charge in [0, 0.05) is 16.7 Å². The highest BCUT2D eigenvalue weighted by atomic mass is 32.2. The van der Waals surface area contributed by atoms with E-state index >= 15 is 0 Å². The van der Waals surface area contributed by atoms with Crippen molar-refractivity contribution in [3.8, 4) is 10.6 Å². The average Bonchev–Trinajstić information content (AvgIpc) is 2.86. The Morgan fingerprint density at radius 3 is 2.81 bits per heavy atom. The maximum Gasteiger partial charge on any atom is 0.309 e. The van der Waals surface area contributed by atoms with Gasteiger partial charge in [0.1, 0.15) is 5.01 Å². The van der Waals surface area contributed by atoms with Crippen LogP contribution in [0.1, 0.15) is 11.3 Å². The molecule has 0 unspecified atom stereocenters. The van der Waals surface area contributed by atoms with Gasteiger partial charge in [0.2, 0.25) is 5.91 Å². The number of aliphatic carboxylic acids is 1. The highest BCUT2D eigenvalue weighted by molar-refractivity contribution is 7.99. The van der Waals surface area contributed by atoms with Crippen LogP contribution < -0.4 is 5.73 Å². The van der Waals surface area contributed by atoms with E-state index in [2.05, 4.69) is 4.98 Å². The summed E-state index contributed by atoms with van der Waals surface area (Å²) < 4.78 is 0. The smallest absolute Gasteiger partial charge is 0.309 e. The van der Waals surface area contributed by atoms with E-state index in [4.69, 9.17) is 10.8 Å². The molecule has 3 N–H and O–H groups in total. The number of nitrogens with zero attached hydrogens (tertiary/aromatic N) is 1. The molecule has 1 aromatic carbocycles. The zero-order chi connectivity index (χ0) is 15.2. The monoisotopic (exact) mass is 322 g/mol. The molecule has 5 nitrogen and oxygen atoms in total. The van der Waals surface area contributed by atoms with Crippen LogP contribution in [0.5, 0.6) is 0 Å². The molecule has 1 heterocycles. The molecule has 110 valence electrons. The van der Waals surface area contributed by atoms with Crippen LogP contribution in [0, 0.1) is 0 Å². The van der Waals surface area contributed by atoms with Crippen molar-refractivity contribution in [1.29, 1.82) is 0 Å². The van der Waals surface area contributed by atoms with Crippen LogP contribution in [0.4, 0.5) is 0 Å². The normalized spacial score (nSPS) is 10.5. The van der Waals surface area contributed by atoms with E-state index in [0.717, 1.165) is 16.1 Å². The van der Waals surface area contributed by atoms with Crippen molar-refractivity contribution >= 4 is 35.0 Å². The van der Waals surface area contributed by atoms with E-state index in [1.54, 1.807) is 5.38 Å². The molecule has 7 heteroatoms. The van der Waals surface area contributed by atoms with Gasteiger partial charge in [-0.25, -0.2) is 4.98 Å². The van der Waals surface area contributed by atoms with Gasteiger partial charge in [-0.2, -0.15) is 0 Å². The number of primary amides is 1. The third kappa shape index (κ3) is 4.57. The Labute approximate surface area is 130 Å². The fraction of sp³-hybridized carbons (Fsp3) is 0.214. The van der Waals surface area contributed by atoms with Gasteiger partial charge in [-0.05, 0) is 5.56 Å². The maximum atomic E-state index is 10.8. The first kappa shape index (κ1) is 15.5. The van der Waals surface area contributed by atoms with Crippen LogP contribution in [0.25, 0.3) is 10.6 Å². The fourth-order valence-corrected chi connectivity index (χ4v) is 3.44. The summed E-state index contributed by atoms with van der Waals surface area (Å²) in [5.41, 5.74) is 7.71. The van der Waals surface area contributed by atoms with Crippen LogP contribution in [0.15, 0.2) is 29.6 Å². The summed E-state index contributed by atoms with van der Waals surface area (Å²) in [6.45, 7) is 0. The lowest BCUT2D eigenvalue weighted by Gasteiger charge is -2.06. The van der Waals surface area contributed by atoms with Gasteiger partial charge in [-0.15, -0.1) is 23.1 Å². The number of rotatable bonds is 7. The van der Waals surface area contributed by atoms with Gasteiger partial charge in [-0.1, -0.05) is 24.3 Å². The summed E-state index contributed by atoms with van der Waals surface area (Å²) in [5.74, 6) is -0.295. The molecule has 0 saturated carbocycles. The molecule has 1 aromatic heterocycles. The summed E-state index contributed by atoms with van der Waals surface area (Å²) in [6, 6.07) is 7.76. The van der Waals surface area contributed by atoms with Crippen LogP contribution >= 0.6 is 23.1 Å². The number of thioether (sulfide) groups is 1. The van der Waals surface area contributed by atoms with Crippen molar-refractivity contribution in [3.05, 3.63) is 40.9 Å². The van der Waals surface area contributed by atoms with Crippen molar-refractivity contribution < 1.29 is 14.7 Å². The predicted octanol–water partition coefficient (Wildman–Crippen LogP) is 2.16. The van der Waals surface area contributed by atoms with E-state index in [1.165, 1.54) is 23.1 Å². The number of carbonyl (C=O) groups is 2. The number of carboxylic acid groups (broad SMARTS) is 1. The molecule has 21 heavy (non-hydrogen) atoms. The van der Waals surface area contributed by atoms with E-state index in [0.29, 0.717) is 11.4 Å². The Kier molecular flexibility index (Phi) is 5.35. The largest absolute Gasteiger partial charge is 0.481 e. The number of benzene rings is 1. The van der Waals surface area contributed by atoms with Crippen molar-refractivity contribution in [2.24, 2.45) is 5.73 Å². The number of amides is 1. The summed E-state index contributed by atoms with van der Waals surface area (Å²) in [4.78, 5) is 25.9. The highest BCUT2D eigenvalue weighted by Gasteiger charge is 2.11. The quantitative estimate of drug-likeness (QED) is 0.815. The van der Waals surface area contributed by atoms with Crippen LogP contribution in [-0.4, -0.2) is 27.7 Å². The van der Waals surface area contributed by atoms with Gasteiger partial charge in [0.25, 0.3) is 0 Å². The Hall–Kier alpha value is -1.86.